The van der Waals surface area contributed by atoms with Gasteiger partial charge >= 0.3 is 0 Å². The predicted octanol–water partition coefficient (Wildman–Crippen LogP) is -0.365. The van der Waals surface area contributed by atoms with Crippen LogP contribution in [0.4, 0.5) is 0 Å². The van der Waals surface area contributed by atoms with Crippen LogP contribution in [-0.2, 0) is 9.53 Å². The summed E-state index contributed by atoms with van der Waals surface area (Å²) in [6, 6.07) is 0.715. The van der Waals surface area contributed by atoms with Gasteiger partial charge in [-0.15, -0.1) is 0 Å². The highest BCUT2D eigenvalue weighted by Gasteiger charge is 2.37. The van der Waals surface area contributed by atoms with Crippen LogP contribution in [0, 0.1) is 5.92 Å². The molecule has 1 amide bonds. The van der Waals surface area contributed by atoms with Crippen LogP contribution in [0.5, 0.6) is 0 Å². The van der Waals surface area contributed by atoms with Crippen LogP contribution in [0.1, 0.15) is 26.2 Å². The largest absolute Gasteiger partial charge is 0.375 e. The lowest BCUT2D eigenvalue weighted by atomic mass is 9.90. The van der Waals surface area contributed by atoms with Crippen LogP contribution in [0.2, 0.25) is 0 Å². The normalized spacial score (nSPS) is 32.0. The summed E-state index contributed by atoms with van der Waals surface area (Å²) in [6.07, 6.45) is 3.35. The molecule has 2 unspecified atom stereocenters. The molecule has 0 bridgehead atoms. The van der Waals surface area contributed by atoms with E-state index in [-0.39, 0.29) is 18.1 Å². The van der Waals surface area contributed by atoms with E-state index in [1.807, 2.05) is 11.8 Å². The molecule has 2 atom stereocenters. The minimum Gasteiger partial charge on any atom is -0.375 e. The molecular weight excluding hydrogens is 280 g/mol. The van der Waals surface area contributed by atoms with Crippen molar-refractivity contribution in [2.45, 2.75) is 44.4 Å². The molecular formula is C16H30N4O2. The zero-order valence-corrected chi connectivity index (χ0v) is 13.7. The molecule has 22 heavy (non-hydrogen) atoms. The highest BCUT2D eigenvalue weighted by atomic mass is 16.5. The maximum absolute atomic E-state index is 12.5. The van der Waals surface area contributed by atoms with Gasteiger partial charge in [-0.2, -0.15) is 0 Å². The summed E-state index contributed by atoms with van der Waals surface area (Å²) in [5.41, 5.74) is 6.23. The third-order valence-corrected chi connectivity index (χ3v) is 5.40. The Morgan fingerprint density at radius 1 is 1.27 bits per heavy atom. The number of nitrogens with one attached hydrogen (secondary N) is 1. The van der Waals surface area contributed by atoms with Gasteiger partial charge in [-0.1, -0.05) is 0 Å². The van der Waals surface area contributed by atoms with E-state index in [0.717, 1.165) is 65.1 Å². The lowest BCUT2D eigenvalue weighted by Crippen LogP contribution is -2.60. The maximum atomic E-state index is 12.5. The van der Waals surface area contributed by atoms with Gasteiger partial charge < -0.3 is 20.7 Å². The number of piperidine rings is 2. The summed E-state index contributed by atoms with van der Waals surface area (Å²) >= 11 is 0. The summed E-state index contributed by atoms with van der Waals surface area (Å²) in [6.45, 7) is 8.31. The zero-order chi connectivity index (χ0) is 15.5. The molecule has 0 aromatic heterocycles. The number of likely N-dealkylation sites (tertiary alicyclic amines) is 2. The van der Waals surface area contributed by atoms with Crippen molar-refractivity contribution in [3.8, 4) is 0 Å². The van der Waals surface area contributed by atoms with E-state index in [2.05, 4.69) is 10.2 Å². The summed E-state index contributed by atoms with van der Waals surface area (Å²) in [5, 5.41) is 3.35. The van der Waals surface area contributed by atoms with Crippen molar-refractivity contribution in [2.24, 2.45) is 11.7 Å². The van der Waals surface area contributed by atoms with Crippen LogP contribution in [0.15, 0.2) is 0 Å². The van der Waals surface area contributed by atoms with Gasteiger partial charge in [-0.05, 0) is 45.8 Å². The molecule has 0 aromatic rings. The summed E-state index contributed by atoms with van der Waals surface area (Å²) in [7, 11) is 0. The lowest BCUT2D eigenvalue weighted by Gasteiger charge is -2.44. The lowest BCUT2D eigenvalue weighted by molar-refractivity contribution is -0.150. The van der Waals surface area contributed by atoms with Crippen LogP contribution in [0.3, 0.4) is 0 Å². The van der Waals surface area contributed by atoms with Gasteiger partial charge in [0.1, 0.15) is 0 Å². The van der Waals surface area contributed by atoms with Crippen molar-refractivity contribution in [2.75, 3.05) is 45.9 Å². The molecule has 0 aromatic carbocycles. The fourth-order valence-electron chi connectivity index (χ4n) is 4.02. The molecule has 0 saturated carbocycles. The van der Waals surface area contributed by atoms with Crippen LogP contribution >= 0.6 is 0 Å². The summed E-state index contributed by atoms with van der Waals surface area (Å²) < 4.78 is 5.53. The number of amides is 1. The van der Waals surface area contributed by atoms with E-state index in [4.69, 9.17) is 10.5 Å². The molecule has 3 aliphatic heterocycles. The predicted molar refractivity (Wildman–Crippen MR) is 85.5 cm³/mol. The van der Waals surface area contributed by atoms with Crippen molar-refractivity contribution in [3.05, 3.63) is 0 Å². The molecule has 126 valence electrons. The highest BCUT2D eigenvalue weighted by Crippen LogP contribution is 2.25. The fraction of sp³-hybridized carbons (Fsp3) is 0.938. The number of nitrogens with two attached hydrogens (primary N) is 1. The average Bonchev–Trinajstić information content (AvgIpc) is 2.51. The average molecular weight is 310 g/mol. The summed E-state index contributed by atoms with van der Waals surface area (Å²) in [4.78, 5) is 17.0. The fourth-order valence-corrected chi connectivity index (χ4v) is 4.02. The van der Waals surface area contributed by atoms with Crippen LogP contribution < -0.4 is 11.1 Å². The number of carbonyl (C=O) groups is 1. The topological polar surface area (TPSA) is 70.8 Å². The number of hydrogen-bond acceptors (Lipinski definition) is 5. The molecule has 3 N–H and O–H groups in total. The number of rotatable bonds is 4. The monoisotopic (exact) mass is 310 g/mol. The van der Waals surface area contributed by atoms with E-state index in [1.165, 1.54) is 0 Å². The maximum Gasteiger partial charge on any atom is 0.225 e. The first-order chi connectivity index (χ1) is 10.7. The van der Waals surface area contributed by atoms with Crippen LogP contribution in [-0.4, -0.2) is 79.8 Å². The molecule has 0 aliphatic carbocycles. The highest BCUT2D eigenvalue weighted by molar-refractivity contribution is 5.79. The summed E-state index contributed by atoms with van der Waals surface area (Å²) in [5.74, 6) is 0.543. The second kappa shape index (κ2) is 7.25. The van der Waals surface area contributed by atoms with Crippen molar-refractivity contribution in [3.63, 3.8) is 0 Å². The number of nitrogens with zero attached hydrogens (tertiary/aromatic N) is 2. The Balaban J connectivity index is 1.43. The molecule has 3 fully saturated rings. The van der Waals surface area contributed by atoms with Gasteiger partial charge in [0, 0.05) is 44.2 Å². The molecule has 3 aliphatic rings. The van der Waals surface area contributed by atoms with Gasteiger partial charge in [-0.25, -0.2) is 0 Å². The number of ether oxygens (including phenoxy) is 1. The second-order valence-corrected chi connectivity index (χ2v) is 6.85. The van der Waals surface area contributed by atoms with Gasteiger partial charge in [0.25, 0.3) is 0 Å². The Labute approximate surface area is 133 Å². The Morgan fingerprint density at radius 2 is 2.00 bits per heavy atom. The molecule has 0 spiro atoms. The van der Waals surface area contributed by atoms with Crippen molar-refractivity contribution < 1.29 is 9.53 Å². The number of hydrogen-bond donors (Lipinski definition) is 2. The van der Waals surface area contributed by atoms with Crippen molar-refractivity contribution >= 4 is 5.91 Å². The Hall–Kier alpha value is -0.690. The molecule has 6 nitrogen and oxygen atoms in total. The van der Waals surface area contributed by atoms with Gasteiger partial charge in [-0.3, -0.25) is 9.69 Å². The molecule has 3 heterocycles. The smallest absolute Gasteiger partial charge is 0.225 e. The molecule has 6 heteroatoms. The van der Waals surface area contributed by atoms with E-state index < -0.39 is 0 Å². The molecule has 3 saturated heterocycles. The molecule has 0 radical (unpaired) electrons. The SMILES string of the molecule is CCOC1CN(C(=O)C2CCN(C3CCNCC3N)CC2)C1. The number of carbonyl (C=O) groups excluding carboxylic acids is 1. The van der Waals surface area contributed by atoms with Gasteiger partial charge in [0.2, 0.25) is 5.91 Å². The Morgan fingerprint density at radius 3 is 2.64 bits per heavy atom. The zero-order valence-electron chi connectivity index (χ0n) is 13.7. The van der Waals surface area contributed by atoms with Gasteiger partial charge in [0.15, 0.2) is 0 Å². The van der Waals surface area contributed by atoms with Crippen LogP contribution in [0.25, 0.3) is 0 Å². The first kappa shape index (κ1) is 16.2. The Kier molecular flexibility index (Phi) is 5.33. The van der Waals surface area contributed by atoms with Crippen molar-refractivity contribution in [1.29, 1.82) is 0 Å². The van der Waals surface area contributed by atoms with E-state index in [9.17, 15) is 4.79 Å². The second-order valence-electron chi connectivity index (χ2n) is 6.85. The van der Waals surface area contributed by atoms with E-state index in [0.29, 0.717) is 11.9 Å². The van der Waals surface area contributed by atoms with Crippen molar-refractivity contribution in [1.82, 2.24) is 15.1 Å². The minimum atomic E-state index is 0.205. The first-order valence-electron chi connectivity index (χ1n) is 8.79. The standard InChI is InChI=1S/C16H30N4O2/c1-2-22-13-10-20(11-13)16(21)12-4-7-19(8-5-12)15-3-6-18-9-14(15)17/h12-15,18H,2-11,17H2,1H3. The molecule has 3 rings (SSSR count). The Bertz CT molecular complexity index is 378. The third-order valence-electron chi connectivity index (χ3n) is 5.40. The van der Waals surface area contributed by atoms with E-state index in [1.54, 1.807) is 0 Å². The van der Waals surface area contributed by atoms with Gasteiger partial charge in [0.05, 0.1) is 6.10 Å². The third kappa shape index (κ3) is 3.45. The van der Waals surface area contributed by atoms with E-state index >= 15 is 0 Å². The quantitative estimate of drug-likeness (QED) is 0.742. The minimum absolute atomic E-state index is 0.205. The first-order valence-corrected chi connectivity index (χ1v) is 8.79.